The van der Waals surface area contributed by atoms with Crippen molar-refractivity contribution < 1.29 is 18.9 Å². The summed E-state index contributed by atoms with van der Waals surface area (Å²) in [5.41, 5.74) is 8.49. The Morgan fingerprint density at radius 3 is 2.50 bits per heavy atom. The largest absolute Gasteiger partial charge is 0.490 e. The molecule has 0 aromatic heterocycles. The van der Waals surface area contributed by atoms with Crippen molar-refractivity contribution in [3.05, 3.63) is 23.5 Å². The predicted octanol–water partition coefficient (Wildman–Crippen LogP) is 7.29. The van der Waals surface area contributed by atoms with Crippen molar-refractivity contribution in [2.24, 2.45) is 62.9 Å². The zero-order valence-electron chi connectivity index (χ0n) is 28.2. The lowest BCUT2D eigenvalue weighted by Gasteiger charge is -2.78. The van der Waals surface area contributed by atoms with Gasteiger partial charge in [-0.15, -0.1) is 0 Å². The molecule has 1 spiro atoms. The van der Waals surface area contributed by atoms with E-state index in [9.17, 15) is 0 Å². The van der Waals surface area contributed by atoms with Gasteiger partial charge >= 0.3 is 0 Å². The maximum Gasteiger partial charge on any atom is 0.122 e. The molecule has 7 rings (SSSR count). The van der Waals surface area contributed by atoms with Gasteiger partial charge in [0.25, 0.3) is 0 Å². The molecular formula is C37H59NO4. The summed E-state index contributed by atoms with van der Waals surface area (Å²) in [6, 6.07) is 0. The average molecular weight is 582 g/mol. The second-order valence-electron chi connectivity index (χ2n) is 17.4. The quantitative estimate of drug-likeness (QED) is 0.320. The molecule has 42 heavy (non-hydrogen) atoms. The van der Waals surface area contributed by atoms with Crippen LogP contribution in [0.5, 0.6) is 0 Å². The van der Waals surface area contributed by atoms with Gasteiger partial charge < -0.3 is 24.7 Å². The van der Waals surface area contributed by atoms with Gasteiger partial charge in [0.05, 0.1) is 37.4 Å². The van der Waals surface area contributed by atoms with Crippen LogP contribution in [0.3, 0.4) is 0 Å². The van der Waals surface area contributed by atoms with Crippen LogP contribution in [0.25, 0.3) is 0 Å². The van der Waals surface area contributed by atoms with Crippen LogP contribution in [-0.4, -0.2) is 49.8 Å². The SMILES string of the molecule is COC1CC23C4=CCC56C=C7OC(C(C)C(C)C)(CCC5(C)C4CCC2C(C)(COC3C)C1OCC(C)(N)C(C)C)C76. The minimum atomic E-state index is -0.373. The number of rotatable bonds is 7. The number of methoxy groups -OCH3 is 1. The molecule has 0 aromatic carbocycles. The number of allylic oxidation sites excluding steroid dienone is 2. The van der Waals surface area contributed by atoms with E-state index in [4.69, 9.17) is 24.7 Å². The summed E-state index contributed by atoms with van der Waals surface area (Å²) < 4.78 is 26.8. The lowest BCUT2D eigenvalue weighted by atomic mass is 9.31. The second kappa shape index (κ2) is 9.10. The molecule has 13 atom stereocenters. The molecule has 5 fully saturated rings. The van der Waals surface area contributed by atoms with Crippen LogP contribution in [0, 0.1) is 57.2 Å². The molecule has 5 heteroatoms. The fourth-order valence-electron chi connectivity index (χ4n) is 12.0. The predicted molar refractivity (Wildman–Crippen MR) is 167 cm³/mol. The van der Waals surface area contributed by atoms with Crippen molar-refractivity contribution in [2.45, 2.75) is 130 Å². The first-order chi connectivity index (χ1) is 19.6. The van der Waals surface area contributed by atoms with Gasteiger partial charge in [-0.3, -0.25) is 0 Å². The molecule has 7 aliphatic rings. The van der Waals surface area contributed by atoms with Crippen LogP contribution in [0.4, 0.5) is 0 Å². The number of ether oxygens (including phenoxy) is 4. The highest BCUT2D eigenvalue weighted by atomic mass is 16.5. The van der Waals surface area contributed by atoms with Crippen molar-refractivity contribution in [3.63, 3.8) is 0 Å². The Morgan fingerprint density at radius 2 is 1.86 bits per heavy atom. The van der Waals surface area contributed by atoms with Crippen molar-refractivity contribution in [3.8, 4) is 0 Å². The zero-order chi connectivity index (χ0) is 30.3. The van der Waals surface area contributed by atoms with E-state index in [-0.39, 0.29) is 51.1 Å². The number of hydrogen-bond acceptors (Lipinski definition) is 5. The number of fused-ring (bicyclic) bond motifs is 2. The highest BCUT2D eigenvalue weighted by Gasteiger charge is 2.79. The lowest BCUT2D eigenvalue weighted by molar-refractivity contribution is -0.313. The molecule has 2 saturated heterocycles. The lowest BCUT2D eigenvalue weighted by Crippen LogP contribution is -2.77. The summed E-state index contributed by atoms with van der Waals surface area (Å²) in [4.78, 5) is 0. The molecule has 0 radical (unpaired) electrons. The smallest absolute Gasteiger partial charge is 0.122 e. The van der Waals surface area contributed by atoms with E-state index in [0.29, 0.717) is 42.1 Å². The Morgan fingerprint density at radius 1 is 1.12 bits per heavy atom. The van der Waals surface area contributed by atoms with Crippen LogP contribution in [-0.2, 0) is 18.9 Å². The second-order valence-corrected chi connectivity index (χ2v) is 17.4. The summed E-state index contributed by atoms with van der Waals surface area (Å²) in [6.07, 6.45) is 12.6. The van der Waals surface area contributed by atoms with E-state index in [1.165, 1.54) is 31.4 Å². The van der Waals surface area contributed by atoms with E-state index in [0.717, 1.165) is 19.4 Å². The van der Waals surface area contributed by atoms with Crippen LogP contribution < -0.4 is 5.73 Å². The molecule has 0 aromatic rings. The minimum Gasteiger partial charge on any atom is -0.490 e. The first-order valence-corrected chi connectivity index (χ1v) is 17.3. The summed E-state index contributed by atoms with van der Waals surface area (Å²) in [7, 11) is 1.90. The van der Waals surface area contributed by atoms with E-state index in [2.05, 4.69) is 74.5 Å². The molecule has 236 valence electrons. The zero-order valence-corrected chi connectivity index (χ0v) is 28.2. The topological polar surface area (TPSA) is 62.9 Å². The van der Waals surface area contributed by atoms with Crippen molar-refractivity contribution in [2.75, 3.05) is 20.3 Å². The molecule has 3 saturated carbocycles. The monoisotopic (exact) mass is 581 g/mol. The normalized spacial score (nSPS) is 52.2. The molecular weight excluding hydrogens is 522 g/mol. The summed E-state index contributed by atoms with van der Waals surface area (Å²) in [5.74, 6) is 4.58. The van der Waals surface area contributed by atoms with Crippen LogP contribution >= 0.6 is 0 Å². The van der Waals surface area contributed by atoms with Gasteiger partial charge in [-0.25, -0.2) is 0 Å². The molecule has 13 unspecified atom stereocenters. The van der Waals surface area contributed by atoms with Crippen molar-refractivity contribution in [1.82, 2.24) is 0 Å². The third-order valence-corrected chi connectivity index (χ3v) is 15.5. The highest BCUT2D eigenvalue weighted by molar-refractivity contribution is 5.47. The molecule has 5 aliphatic carbocycles. The molecule has 2 bridgehead atoms. The molecule has 5 nitrogen and oxygen atoms in total. The van der Waals surface area contributed by atoms with Gasteiger partial charge in [0.15, 0.2) is 0 Å². The third-order valence-electron chi connectivity index (χ3n) is 15.5. The Labute approximate surface area is 255 Å². The van der Waals surface area contributed by atoms with Gasteiger partial charge in [0, 0.05) is 28.9 Å². The molecule has 0 amide bonds. The fourth-order valence-corrected chi connectivity index (χ4v) is 12.0. The van der Waals surface area contributed by atoms with Gasteiger partial charge in [0.1, 0.15) is 11.4 Å². The highest BCUT2D eigenvalue weighted by Crippen LogP contribution is 2.81. The Bertz CT molecular complexity index is 1190. The van der Waals surface area contributed by atoms with Crippen LogP contribution in [0.2, 0.25) is 0 Å². The molecule has 2 aliphatic heterocycles. The average Bonchev–Trinajstić information content (AvgIpc) is 2.91. The van der Waals surface area contributed by atoms with E-state index in [1.807, 2.05) is 7.11 Å². The van der Waals surface area contributed by atoms with Gasteiger partial charge in [-0.1, -0.05) is 60.1 Å². The third kappa shape index (κ3) is 3.31. The van der Waals surface area contributed by atoms with Crippen molar-refractivity contribution in [1.29, 1.82) is 0 Å². The summed E-state index contributed by atoms with van der Waals surface area (Å²) in [6.45, 7) is 22.5. The first kappa shape index (κ1) is 29.8. The van der Waals surface area contributed by atoms with Gasteiger partial charge in [-0.2, -0.15) is 0 Å². The van der Waals surface area contributed by atoms with Gasteiger partial charge in [0.2, 0.25) is 0 Å². The Balaban J connectivity index is 1.26. The Kier molecular flexibility index (Phi) is 6.46. The summed E-state index contributed by atoms with van der Waals surface area (Å²) >= 11 is 0. The fraction of sp³-hybridized carbons (Fsp3) is 0.892. The molecule has 2 heterocycles. The number of nitrogens with two attached hydrogens (primary N) is 1. The van der Waals surface area contributed by atoms with Gasteiger partial charge in [-0.05, 0) is 93.5 Å². The Hall–Kier alpha value is -0.880. The molecule has 2 N–H and O–H groups in total. The van der Waals surface area contributed by atoms with Crippen molar-refractivity contribution >= 4 is 0 Å². The van der Waals surface area contributed by atoms with E-state index < -0.39 is 0 Å². The summed E-state index contributed by atoms with van der Waals surface area (Å²) in [5, 5.41) is 0. The van der Waals surface area contributed by atoms with Crippen LogP contribution in [0.15, 0.2) is 23.5 Å². The maximum atomic E-state index is 6.86. The number of hydrogen-bond donors (Lipinski definition) is 1. The van der Waals surface area contributed by atoms with Crippen LogP contribution in [0.1, 0.15) is 101 Å². The van der Waals surface area contributed by atoms with E-state index in [1.54, 1.807) is 5.57 Å². The first-order valence-electron chi connectivity index (χ1n) is 17.3. The standard InChI is InChI=1S/C37H59NO4/c1-21(2)23(5)37-16-15-33(8)25-11-12-29-32(7)19-40-24(6)36(29,26(25)13-14-35(33)17-27(42-37)30(35)37)18-28(39-10)31(32)41-20-34(9,38)22(3)4/h13,17,21-25,28-31H,11-12,14-16,18-20,38H2,1-10H3. The van der Waals surface area contributed by atoms with E-state index >= 15 is 0 Å². The maximum absolute atomic E-state index is 6.86. The minimum absolute atomic E-state index is 0.00267.